The van der Waals surface area contributed by atoms with E-state index >= 15 is 0 Å². The van der Waals surface area contributed by atoms with Crippen molar-refractivity contribution in [2.45, 2.75) is 13.5 Å². The third-order valence-corrected chi connectivity index (χ3v) is 3.03. The van der Waals surface area contributed by atoms with Gasteiger partial charge in [-0.15, -0.1) is 0 Å². The van der Waals surface area contributed by atoms with Crippen LogP contribution >= 0.6 is 0 Å². The zero-order chi connectivity index (χ0) is 13.8. The zero-order valence-corrected chi connectivity index (χ0v) is 11.7. The Morgan fingerprint density at radius 2 is 2.11 bits per heavy atom. The molecule has 0 aliphatic carbocycles. The molecule has 0 spiro atoms. The van der Waals surface area contributed by atoms with Crippen LogP contribution in [0.2, 0.25) is 0 Å². The second-order valence-electron chi connectivity index (χ2n) is 4.89. The van der Waals surface area contributed by atoms with Crippen molar-refractivity contribution in [3.63, 3.8) is 0 Å². The Labute approximate surface area is 113 Å². The van der Waals surface area contributed by atoms with E-state index in [2.05, 4.69) is 10.3 Å². The SMILES string of the molecule is Cc1nc2ccccc2n1CC(=O)NCCN(C)C. The smallest absolute Gasteiger partial charge is 0.240 e. The summed E-state index contributed by atoms with van der Waals surface area (Å²) in [5.74, 6) is 0.886. The Morgan fingerprint density at radius 1 is 1.37 bits per heavy atom. The highest BCUT2D eigenvalue weighted by atomic mass is 16.1. The van der Waals surface area contributed by atoms with Crippen LogP contribution in [0.15, 0.2) is 24.3 Å². The molecule has 1 N–H and O–H groups in total. The molecule has 0 bridgehead atoms. The van der Waals surface area contributed by atoms with Crippen LogP contribution < -0.4 is 5.32 Å². The van der Waals surface area contributed by atoms with Gasteiger partial charge in [-0.1, -0.05) is 12.1 Å². The molecule has 5 heteroatoms. The summed E-state index contributed by atoms with van der Waals surface area (Å²) in [4.78, 5) is 18.4. The first-order chi connectivity index (χ1) is 9.08. The Bertz CT molecular complexity index is 574. The number of para-hydroxylation sites is 2. The molecule has 2 rings (SSSR count). The first-order valence-electron chi connectivity index (χ1n) is 6.41. The normalized spacial score (nSPS) is 11.2. The van der Waals surface area contributed by atoms with Crippen LogP contribution in [0.4, 0.5) is 0 Å². The Kier molecular flexibility index (Phi) is 4.16. The van der Waals surface area contributed by atoms with Gasteiger partial charge < -0.3 is 14.8 Å². The highest BCUT2D eigenvalue weighted by molar-refractivity contribution is 5.81. The minimum atomic E-state index is 0.0214. The molecule has 2 aromatic rings. The maximum atomic E-state index is 11.9. The van der Waals surface area contributed by atoms with Crippen molar-refractivity contribution in [1.82, 2.24) is 19.8 Å². The quantitative estimate of drug-likeness (QED) is 0.873. The second kappa shape index (κ2) is 5.84. The molecule has 0 radical (unpaired) electrons. The molecule has 0 fully saturated rings. The van der Waals surface area contributed by atoms with Crippen LogP contribution in [-0.2, 0) is 11.3 Å². The van der Waals surface area contributed by atoms with E-state index in [1.165, 1.54) is 0 Å². The molecule has 0 aliphatic heterocycles. The predicted molar refractivity (Wildman–Crippen MR) is 76.0 cm³/mol. The van der Waals surface area contributed by atoms with Gasteiger partial charge in [-0.05, 0) is 33.2 Å². The number of fused-ring (bicyclic) bond motifs is 1. The molecule has 0 saturated carbocycles. The molecule has 1 amide bonds. The average molecular weight is 260 g/mol. The molecule has 1 heterocycles. The number of carbonyl (C=O) groups excluding carboxylic acids is 1. The van der Waals surface area contributed by atoms with Gasteiger partial charge in [0, 0.05) is 13.1 Å². The third kappa shape index (κ3) is 3.32. The minimum Gasteiger partial charge on any atom is -0.353 e. The summed E-state index contributed by atoms with van der Waals surface area (Å²) in [6.07, 6.45) is 0. The lowest BCUT2D eigenvalue weighted by molar-refractivity contribution is -0.121. The summed E-state index contributed by atoms with van der Waals surface area (Å²) >= 11 is 0. The third-order valence-electron chi connectivity index (χ3n) is 3.03. The lowest BCUT2D eigenvalue weighted by Gasteiger charge is -2.11. The predicted octanol–water partition coefficient (Wildman–Crippen LogP) is 1.02. The van der Waals surface area contributed by atoms with E-state index in [9.17, 15) is 4.79 Å². The van der Waals surface area contributed by atoms with Crippen molar-refractivity contribution in [2.75, 3.05) is 27.2 Å². The number of rotatable bonds is 5. The number of benzene rings is 1. The number of amides is 1. The maximum Gasteiger partial charge on any atom is 0.240 e. The molecule has 5 nitrogen and oxygen atoms in total. The standard InChI is InChI=1S/C14H20N4O/c1-11-16-12-6-4-5-7-13(12)18(11)10-14(19)15-8-9-17(2)3/h4-7H,8-10H2,1-3H3,(H,15,19). The largest absolute Gasteiger partial charge is 0.353 e. The molecule has 1 aromatic heterocycles. The van der Waals surface area contributed by atoms with Crippen molar-refractivity contribution in [1.29, 1.82) is 0 Å². The van der Waals surface area contributed by atoms with Gasteiger partial charge in [-0.25, -0.2) is 4.98 Å². The van der Waals surface area contributed by atoms with Gasteiger partial charge in [0.05, 0.1) is 11.0 Å². The van der Waals surface area contributed by atoms with Crippen molar-refractivity contribution in [3.8, 4) is 0 Å². The minimum absolute atomic E-state index is 0.0214. The summed E-state index contributed by atoms with van der Waals surface area (Å²) < 4.78 is 1.94. The number of likely N-dealkylation sites (N-methyl/N-ethyl adjacent to an activating group) is 1. The molecule has 0 unspecified atom stereocenters. The number of nitrogens with one attached hydrogen (secondary N) is 1. The van der Waals surface area contributed by atoms with Gasteiger partial charge in [-0.2, -0.15) is 0 Å². The summed E-state index contributed by atoms with van der Waals surface area (Å²) in [6, 6.07) is 7.87. The molecule has 0 atom stereocenters. The first-order valence-corrected chi connectivity index (χ1v) is 6.41. The molecule has 0 saturated heterocycles. The first kappa shape index (κ1) is 13.5. The summed E-state index contributed by atoms with van der Waals surface area (Å²) in [7, 11) is 3.97. The van der Waals surface area contributed by atoms with Gasteiger partial charge in [0.15, 0.2) is 0 Å². The van der Waals surface area contributed by atoms with Crippen LogP contribution in [-0.4, -0.2) is 47.5 Å². The van der Waals surface area contributed by atoms with E-state index in [1.54, 1.807) is 0 Å². The van der Waals surface area contributed by atoms with Crippen molar-refractivity contribution in [2.24, 2.45) is 0 Å². The van der Waals surface area contributed by atoms with Crippen LogP contribution in [0.1, 0.15) is 5.82 Å². The van der Waals surface area contributed by atoms with Gasteiger partial charge in [0.25, 0.3) is 0 Å². The number of hydrogen-bond acceptors (Lipinski definition) is 3. The lowest BCUT2D eigenvalue weighted by Crippen LogP contribution is -2.33. The average Bonchev–Trinajstić information content (AvgIpc) is 2.66. The van der Waals surface area contributed by atoms with E-state index in [0.717, 1.165) is 23.4 Å². The van der Waals surface area contributed by atoms with E-state index in [4.69, 9.17) is 0 Å². The Hall–Kier alpha value is -1.88. The van der Waals surface area contributed by atoms with Gasteiger partial charge >= 0.3 is 0 Å². The molecule has 0 aliphatic rings. The van der Waals surface area contributed by atoms with E-state index in [-0.39, 0.29) is 5.91 Å². The van der Waals surface area contributed by atoms with Crippen LogP contribution in [0.3, 0.4) is 0 Å². The monoisotopic (exact) mass is 260 g/mol. The van der Waals surface area contributed by atoms with Gasteiger partial charge in [0.1, 0.15) is 12.4 Å². The van der Waals surface area contributed by atoms with Crippen LogP contribution in [0, 0.1) is 6.92 Å². The van der Waals surface area contributed by atoms with Crippen molar-refractivity contribution in [3.05, 3.63) is 30.1 Å². The summed E-state index contributed by atoms with van der Waals surface area (Å²) in [5.41, 5.74) is 1.93. The molecule has 19 heavy (non-hydrogen) atoms. The second-order valence-corrected chi connectivity index (χ2v) is 4.89. The topological polar surface area (TPSA) is 50.2 Å². The Balaban J connectivity index is 2.04. The van der Waals surface area contributed by atoms with Gasteiger partial charge in [-0.3, -0.25) is 4.79 Å². The summed E-state index contributed by atoms with van der Waals surface area (Å²) in [6.45, 7) is 3.75. The van der Waals surface area contributed by atoms with E-state index in [0.29, 0.717) is 13.1 Å². The fraction of sp³-hybridized carbons (Fsp3) is 0.429. The van der Waals surface area contributed by atoms with Crippen LogP contribution in [0.25, 0.3) is 11.0 Å². The highest BCUT2D eigenvalue weighted by Gasteiger charge is 2.10. The molecular weight excluding hydrogens is 240 g/mol. The molecular formula is C14H20N4O. The lowest BCUT2D eigenvalue weighted by atomic mass is 10.3. The van der Waals surface area contributed by atoms with Crippen LogP contribution in [0.5, 0.6) is 0 Å². The highest BCUT2D eigenvalue weighted by Crippen LogP contribution is 2.14. The number of hydrogen-bond donors (Lipinski definition) is 1. The van der Waals surface area contributed by atoms with Gasteiger partial charge in [0.2, 0.25) is 5.91 Å². The maximum absolute atomic E-state index is 11.9. The van der Waals surface area contributed by atoms with E-state index in [1.807, 2.05) is 54.8 Å². The number of carbonyl (C=O) groups is 1. The fourth-order valence-corrected chi connectivity index (χ4v) is 2.01. The Morgan fingerprint density at radius 3 is 2.84 bits per heavy atom. The van der Waals surface area contributed by atoms with E-state index < -0.39 is 0 Å². The molecule has 1 aromatic carbocycles. The number of nitrogens with zero attached hydrogens (tertiary/aromatic N) is 3. The fourth-order valence-electron chi connectivity index (χ4n) is 2.01. The zero-order valence-electron chi connectivity index (χ0n) is 11.7. The van der Waals surface area contributed by atoms with Crippen molar-refractivity contribution < 1.29 is 4.79 Å². The number of aryl methyl sites for hydroxylation is 1. The van der Waals surface area contributed by atoms with Crippen molar-refractivity contribution >= 4 is 16.9 Å². The molecule has 102 valence electrons. The number of imidazole rings is 1. The number of aromatic nitrogens is 2. The summed E-state index contributed by atoms with van der Waals surface area (Å²) in [5, 5.41) is 2.91.